The van der Waals surface area contributed by atoms with E-state index in [1.807, 2.05) is 6.07 Å². The highest BCUT2D eigenvalue weighted by atomic mass is 35.5. The summed E-state index contributed by atoms with van der Waals surface area (Å²) < 4.78 is 18.4. The summed E-state index contributed by atoms with van der Waals surface area (Å²) in [6.45, 7) is 3.31. The van der Waals surface area contributed by atoms with Crippen LogP contribution in [0.2, 0.25) is 5.02 Å². The van der Waals surface area contributed by atoms with Crippen LogP contribution in [0.5, 0.6) is 5.75 Å². The Morgan fingerprint density at radius 2 is 2.27 bits per heavy atom. The van der Waals surface area contributed by atoms with Gasteiger partial charge in [0, 0.05) is 11.1 Å². The van der Waals surface area contributed by atoms with Crippen LogP contribution >= 0.6 is 22.9 Å². The van der Waals surface area contributed by atoms with E-state index in [1.54, 1.807) is 12.3 Å². The van der Waals surface area contributed by atoms with Crippen LogP contribution in [-0.4, -0.2) is 16.9 Å². The second-order valence-electron chi connectivity index (χ2n) is 4.63. The molecule has 1 aromatic heterocycles. The molecule has 2 atom stereocenters. The van der Waals surface area contributed by atoms with E-state index in [1.165, 1.54) is 30.4 Å². The van der Waals surface area contributed by atoms with Crippen molar-refractivity contribution in [3.63, 3.8) is 0 Å². The molecule has 1 aromatic carbocycles. The van der Waals surface area contributed by atoms with Crippen LogP contribution in [0.4, 0.5) is 4.39 Å². The van der Waals surface area contributed by atoms with Gasteiger partial charge in [0.1, 0.15) is 16.6 Å². The Labute approximate surface area is 136 Å². The van der Waals surface area contributed by atoms with Crippen molar-refractivity contribution >= 4 is 28.7 Å². The molecule has 0 saturated carbocycles. The van der Waals surface area contributed by atoms with E-state index in [4.69, 9.17) is 16.3 Å². The largest absolute Gasteiger partial charge is 0.481 e. The number of thiazole rings is 1. The molecule has 2 rings (SSSR count). The standard InChI is InChI=1S/C15H12ClFN2O2S/c1-8-7-22-15(19-8)11(6-18)14(20)9(2)21-13-4-3-10(17)5-12(13)16/h3-5,7,9,11H,1-2H3/t9-,11+/m0/s1. The molecule has 0 saturated heterocycles. The zero-order valence-corrected chi connectivity index (χ0v) is 13.4. The maximum atomic E-state index is 13.0. The Bertz CT molecular complexity index is 741. The van der Waals surface area contributed by atoms with Crippen LogP contribution in [0.15, 0.2) is 23.6 Å². The summed E-state index contributed by atoms with van der Waals surface area (Å²) in [6, 6.07) is 5.57. The second-order valence-corrected chi connectivity index (χ2v) is 5.92. The van der Waals surface area contributed by atoms with Gasteiger partial charge in [0.05, 0.1) is 11.1 Å². The van der Waals surface area contributed by atoms with Gasteiger partial charge in [-0.25, -0.2) is 9.37 Å². The lowest BCUT2D eigenvalue weighted by Crippen LogP contribution is -2.28. The number of rotatable bonds is 5. The average molecular weight is 339 g/mol. The van der Waals surface area contributed by atoms with Crippen LogP contribution in [0.1, 0.15) is 23.5 Å². The van der Waals surface area contributed by atoms with E-state index >= 15 is 0 Å². The van der Waals surface area contributed by atoms with Gasteiger partial charge in [0.2, 0.25) is 0 Å². The number of carbonyl (C=O) groups excluding carboxylic acids is 1. The number of aryl methyl sites for hydroxylation is 1. The fraction of sp³-hybridized carbons (Fsp3) is 0.267. The number of ketones is 1. The maximum absolute atomic E-state index is 13.0. The van der Waals surface area contributed by atoms with Crippen LogP contribution in [0, 0.1) is 24.1 Å². The van der Waals surface area contributed by atoms with E-state index < -0.39 is 23.6 Å². The van der Waals surface area contributed by atoms with E-state index in [2.05, 4.69) is 4.98 Å². The van der Waals surface area contributed by atoms with Crippen molar-refractivity contribution in [2.75, 3.05) is 0 Å². The molecule has 1 heterocycles. The zero-order chi connectivity index (χ0) is 16.3. The second kappa shape index (κ2) is 6.86. The van der Waals surface area contributed by atoms with Gasteiger partial charge < -0.3 is 4.74 Å². The quantitative estimate of drug-likeness (QED) is 0.829. The van der Waals surface area contributed by atoms with Gasteiger partial charge in [0.15, 0.2) is 17.8 Å². The van der Waals surface area contributed by atoms with Gasteiger partial charge >= 0.3 is 0 Å². The monoisotopic (exact) mass is 338 g/mol. The number of hydrogen-bond donors (Lipinski definition) is 0. The molecular weight excluding hydrogens is 327 g/mol. The van der Waals surface area contributed by atoms with Gasteiger partial charge in [-0.15, -0.1) is 11.3 Å². The predicted octanol–water partition coefficient (Wildman–Crippen LogP) is 3.89. The molecule has 0 N–H and O–H groups in total. The summed E-state index contributed by atoms with van der Waals surface area (Å²) in [5, 5.41) is 11.5. The lowest BCUT2D eigenvalue weighted by molar-refractivity contribution is -0.125. The summed E-state index contributed by atoms with van der Waals surface area (Å²) in [4.78, 5) is 16.5. The highest BCUT2D eigenvalue weighted by molar-refractivity contribution is 7.09. The molecule has 0 aliphatic heterocycles. The maximum Gasteiger partial charge on any atom is 0.196 e. The first kappa shape index (κ1) is 16.4. The number of nitriles is 1. The summed E-state index contributed by atoms with van der Waals surface area (Å²) in [6.07, 6.45) is -0.906. The molecule has 4 nitrogen and oxygen atoms in total. The number of ether oxygens (including phenoxy) is 1. The number of benzene rings is 1. The third-order valence-electron chi connectivity index (χ3n) is 2.90. The first-order valence-corrected chi connectivity index (χ1v) is 7.65. The van der Waals surface area contributed by atoms with E-state index in [0.29, 0.717) is 5.01 Å². The molecule has 2 aromatic rings. The van der Waals surface area contributed by atoms with Crippen molar-refractivity contribution in [1.29, 1.82) is 5.26 Å². The highest BCUT2D eigenvalue weighted by Gasteiger charge is 2.29. The minimum Gasteiger partial charge on any atom is -0.481 e. The van der Waals surface area contributed by atoms with Crippen molar-refractivity contribution < 1.29 is 13.9 Å². The van der Waals surface area contributed by atoms with Gasteiger partial charge in [-0.05, 0) is 32.0 Å². The number of Topliss-reactive ketones (excluding diaryl/α,β-unsaturated/α-hetero) is 1. The van der Waals surface area contributed by atoms with E-state index in [9.17, 15) is 14.4 Å². The fourth-order valence-electron chi connectivity index (χ4n) is 1.80. The Hall–Kier alpha value is -1.97. The number of nitrogens with zero attached hydrogens (tertiary/aromatic N) is 2. The third-order valence-corrected chi connectivity index (χ3v) is 4.22. The SMILES string of the molecule is Cc1csc([C@H](C#N)C(=O)[C@H](C)Oc2ccc(F)cc2Cl)n1. The topological polar surface area (TPSA) is 63.0 Å². The number of aromatic nitrogens is 1. The zero-order valence-electron chi connectivity index (χ0n) is 11.8. The van der Waals surface area contributed by atoms with Crippen molar-refractivity contribution in [1.82, 2.24) is 4.98 Å². The fourth-order valence-corrected chi connectivity index (χ4v) is 2.86. The number of halogens is 2. The third kappa shape index (κ3) is 3.62. The molecule has 0 amide bonds. The molecular formula is C15H12ClFN2O2S. The smallest absolute Gasteiger partial charge is 0.196 e. The molecule has 0 spiro atoms. The van der Waals surface area contributed by atoms with Crippen molar-refractivity contribution in [2.24, 2.45) is 0 Å². The number of hydrogen-bond acceptors (Lipinski definition) is 5. The van der Waals surface area contributed by atoms with Gasteiger partial charge in [-0.1, -0.05) is 11.6 Å². The average Bonchev–Trinajstić information content (AvgIpc) is 2.89. The van der Waals surface area contributed by atoms with Crippen molar-refractivity contribution in [3.05, 3.63) is 45.1 Å². The van der Waals surface area contributed by atoms with E-state index in [-0.39, 0.29) is 10.8 Å². The Morgan fingerprint density at radius 3 is 2.82 bits per heavy atom. The number of carbonyl (C=O) groups is 1. The lowest BCUT2D eigenvalue weighted by Gasteiger charge is -2.16. The minimum absolute atomic E-state index is 0.0678. The summed E-state index contributed by atoms with van der Waals surface area (Å²) in [7, 11) is 0. The van der Waals surface area contributed by atoms with Crippen LogP contribution < -0.4 is 4.74 Å². The van der Waals surface area contributed by atoms with E-state index in [0.717, 1.165) is 11.8 Å². The Morgan fingerprint density at radius 1 is 1.55 bits per heavy atom. The first-order chi connectivity index (χ1) is 10.4. The van der Waals surface area contributed by atoms with Gasteiger partial charge in [-0.3, -0.25) is 4.79 Å². The Kier molecular flexibility index (Phi) is 5.11. The van der Waals surface area contributed by atoms with Crippen LogP contribution in [0.3, 0.4) is 0 Å². The molecule has 0 aliphatic rings. The first-order valence-electron chi connectivity index (χ1n) is 6.39. The summed E-state index contributed by atoms with van der Waals surface area (Å²) in [5.74, 6) is -1.72. The van der Waals surface area contributed by atoms with Gasteiger partial charge in [-0.2, -0.15) is 5.26 Å². The normalized spacial score (nSPS) is 13.2. The van der Waals surface area contributed by atoms with Crippen molar-refractivity contribution in [2.45, 2.75) is 25.9 Å². The van der Waals surface area contributed by atoms with Gasteiger partial charge in [0.25, 0.3) is 0 Å². The lowest BCUT2D eigenvalue weighted by atomic mass is 10.0. The molecule has 114 valence electrons. The molecule has 0 fully saturated rings. The summed E-state index contributed by atoms with van der Waals surface area (Å²) in [5.41, 5.74) is 0.753. The molecule has 0 bridgehead atoms. The molecule has 0 unspecified atom stereocenters. The molecule has 22 heavy (non-hydrogen) atoms. The van der Waals surface area contributed by atoms with Crippen LogP contribution in [0.25, 0.3) is 0 Å². The predicted molar refractivity (Wildman–Crippen MR) is 81.7 cm³/mol. The van der Waals surface area contributed by atoms with Crippen LogP contribution in [-0.2, 0) is 4.79 Å². The minimum atomic E-state index is -0.993. The Balaban J connectivity index is 2.16. The highest BCUT2D eigenvalue weighted by Crippen LogP contribution is 2.28. The molecule has 0 radical (unpaired) electrons. The summed E-state index contributed by atoms with van der Waals surface area (Å²) >= 11 is 7.11. The molecule has 7 heteroatoms. The van der Waals surface area contributed by atoms with Crippen molar-refractivity contribution in [3.8, 4) is 11.8 Å². The molecule has 0 aliphatic carbocycles.